The highest BCUT2D eigenvalue weighted by molar-refractivity contribution is 6.09. The standard InChI is InChI=1S/C30H26F2N4O2/c31-24-13-18(14-25(32)21(24)17-36-9-11-38-12-10-36)5-8-26-20-7-6-19(15-28(20)35-34-26)23-16-30(23)22-3-1-2-4-27(22)33-29(30)37/h1-8,13-15,23H,9-12,16-17H2,(H,33,37)(H,34,35)/t23-,30-/m0/s1. The number of fused-ring (bicyclic) bond motifs is 3. The van der Waals surface area contributed by atoms with Crippen LogP contribution in [-0.2, 0) is 21.5 Å². The topological polar surface area (TPSA) is 70.2 Å². The Hall–Kier alpha value is -3.88. The number of aromatic nitrogens is 2. The molecule has 6 nitrogen and oxygen atoms in total. The first kappa shape index (κ1) is 23.3. The predicted octanol–water partition coefficient (Wildman–Crippen LogP) is 5.22. The van der Waals surface area contributed by atoms with Gasteiger partial charge in [-0.3, -0.25) is 14.8 Å². The Morgan fingerprint density at radius 3 is 2.66 bits per heavy atom. The number of H-pyrrole nitrogens is 1. The van der Waals surface area contributed by atoms with Gasteiger partial charge in [-0.1, -0.05) is 36.4 Å². The van der Waals surface area contributed by atoms with E-state index in [1.807, 2.05) is 47.4 Å². The first-order valence-corrected chi connectivity index (χ1v) is 12.9. The minimum Gasteiger partial charge on any atom is -0.379 e. The highest BCUT2D eigenvalue weighted by Crippen LogP contribution is 2.64. The number of aromatic amines is 1. The van der Waals surface area contributed by atoms with Gasteiger partial charge in [-0.15, -0.1) is 0 Å². The van der Waals surface area contributed by atoms with Gasteiger partial charge >= 0.3 is 0 Å². The van der Waals surface area contributed by atoms with Crippen LogP contribution in [0.3, 0.4) is 0 Å². The fraction of sp³-hybridized carbons (Fsp3) is 0.267. The van der Waals surface area contributed by atoms with Crippen molar-refractivity contribution in [2.24, 2.45) is 0 Å². The Bertz CT molecular complexity index is 1580. The SMILES string of the molecule is O=C1Nc2ccccc2[C@]12C[C@H]2c1ccc2c(C=Cc3cc(F)c(CN4CCOCC4)c(F)c3)n[nH]c2c1. The zero-order valence-corrected chi connectivity index (χ0v) is 20.6. The molecule has 3 heterocycles. The number of para-hydroxylation sites is 1. The van der Waals surface area contributed by atoms with Crippen molar-refractivity contribution in [3.05, 3.63) is 94.2 Å². The summed E-state index contributed by atoms with van der Waals surface area (Å²) >= 11 is 0. The molecular formula is C30H26F2N4O2. The summed E-state index contributed by atoms with van der Waals surface area (Å²) in [5, 5.41) is 11.4. The van der Waals surface area contributed by atoms with E-state index in [-0.39, 0.29) is 23.9 Å². The molecule has 38 heavy (non-hydrogen) atoms. The lowest BCUT2D eigenvalue weighted by molar-refractivity contribution is -0.118. The number of ether oxygens (including phenoxy) is 1. The van der Waals surface area contributed by atoms with Crippen molar-refractivity contribution in [3.63, 3.8) is 0 Å². The number of rotatable bonds is 5. The second-order valence-corrected chi connectivity index (χ2v) is 10.3. The van der Waals surface area contributed by atoms with E-state index in [4.69, 9.17) is 4.74 Å². The number of amides is 1. The van der Waals surface area contributed by atoms with E-state index in [9.17, 15) is 13.6 Å². The van der Waals surface area contributed by atoms with E-state index < -0.39 is 17.0 Å². The number of hydrogen-bond donors (Lipinski definition) is 2. The number of carbonyl (C=O) groups excluding carboxylic acids is 1. The quantitative estimate of drug-likeness (QED) is 0.385. The van der Waals surface area contributed by atoms with Gasteiger partial charge in [0, 0.05) is 42.2 Å². The van der Waals surface area contributed by atoms with Gasteiger partial charge < -0.3 is 10.1 Å². The summed E-state index contributed by atoms with van der Waals surface area (Å²) in [5.74, 6) is -0.931. The summed E-state index contributed by atoms with van der Waals surface area (Å²) in [6.45, 7) is 2.71. The highest BCUT2D eigenvalue weighted by Gasteiger charge is 2.65. The number of benzene rings is 3. The maximum absolute atomic E-state index is 14.8. The molecule has 8 heteroatoms. The summed E-state index contributed by atoms with van der Waals surface area (Å²) in [7, 11) is 0. The van der Waals surface area contributed by atoms with Crippen LogP contribution in [0.25, 0.3) is 23.1 Å². The largest absolute Gasteiger partial charge is 0.379 e. The summed E-state index contributed by atoms with van der Waals surface area (Å²) in [6, 6.07) is 16.7. The minimum atomic E-state index is -0.552. The highest BCUT2D eigenvalue weighted by atomic mass is 19.1. The first-order valence-electron chi connectivity index (χ1n) is 12.9. The third-order valence-corrected chi connectivity index (χ3v) is 8.12. The second-order valence-electron chi connectivity index (χ2n) is 10.3. The van der Waals surface area contributed by atoms with Crippen molar-refractivity contribution < 1.29 is 18.3 Å². The van der Waals surface area contributed by atoms with Gasteiger partial charge in [0.2, 0.25) is 5.91 Å². The Morgan fingerprint density at radius 1 is 1.05 bits per heavy atom. The lowest BCUT2D eigenvalue weighted by Crippen LogP contribution is -2.36. The Balaban J connectivity index is 1.11. The molecule has 2 N–H and O–H groups in total. The lowest BCUT2D eigenvalue weighted by atomic mass is 9.92. The summed E-state index contributed by atoms with van der Waals surface area (Å²) in [5.41, 5.74) is 4.62. The first-order chi connectivity index (χ1) is 18.5. The number of carbonyl (C=O) groups is 1. The van der Waals surface area contributed by atoms with E-state index in [1.165, 1.54) is 12.1 Å². The summed E-state index contributed by atoms with van der Waals surface area (Å²) in [6.07, 6.45) is 4.21. The van der Waals surface area contributed by atoms with Gasteiger partial charge in [-0.05, 0) is 53.5 Å². The molecule has 1 aliphatic carbocycles. The van der Waals surface area contributed by atoms with Gasteiger partial charge in [0.05, 0.1) is 29.8 Å². The zero-order valence-electron chi connectivity index (χ0n) is 20.6. The van der Waals surface area contributed by atoms with Crippen LogP contribution in [0.1, 0.15) is 40.3 Å². The van der Waals surface area contributed by atoms with Gasteiger partial charge in [-0.25, -0.2) is 8.78 Å². The lowest BCUT2D eigenvalue weighted by Gasteiger charge is -2.26. The molecule has 0 unspecified atom stereocenters. The summed E-state index contributed by atoms with van der Waals surface area (Å²) in [4.78, 5) is 14.8. The smallest absolute Gasteiger partial charge is 0.235 e. The molecule has 0 bridgehead atoms. The molecule has 1 amide bonds. The second kappa shape index (κ2) is 8.85. The molecule has 192 valence electrons. The number of halogens is 2. The molecule has 3 aromatic carbocycles. The molecular weight excluding hydrogens is 486 g/mol. The van der Waals surface area contributed by atoms with Crippen molar-refractivity contribution >= 4 is 34.6 Å². The Kier molecular flexibility index (Phi) is 5.42. The zero-order chi connectivity index (χ0) is 25.9. The van der Waals surface area contributed by atoms with Crippen LogP contribution in [0.15, 0.2) is 54.6 Å². The third kappa shape index (κ3) is 3.75. The molecule has 1 spiro atoms. The van der Waals surface area contributed by atoms with E-state index in [1.54, 1.807) is 12.2 Å². The van der Waals surface area contributed by atoms with Crippen LogP contribution in [-0.4, -0.2) is 47.3 Å². The fourth-order valence-electron chi connectivity index (χ4n) is 5.98. The molecule has 2 aliphatic heterocycles. The molecule has 1 saturated heterocycles. The van der Waals surface area contributed by atoms with E-state index in [2.05, 4.69) is 15.5 Å². The van der Waals surface area contributed by atoms with Crippen molar-refractivity contribution in [2.45, 2.75) is 24.3 Å². The van der Waals surface area contributed by atoms with E-state index >= 15 is 0 Å². The number of morpholine rings is 1. The van der Waals surface area contributed by atoms with Gasteiger partial charge in [-0.2, -0.15) is 5.10 Å². The number of anilines is 1. The number of nitrogens with zero attached hydrogens (tertiary/aromatic N) is 2. The molecule has 0 radical (unpaired) electrons. The normalized spacial score (nSPS) is 22.9. The van der Waals surface area contributed by atoms with Crippen molar-refractivity contribution in [2.75, 3.05) is 31.6 Å². The maximum Gasteiger partial charge on any atom is 0.235 e. The van der Waals surface area contributed by atoms with Crippen LogP contribution in [0.5, 0.6) is 0 Å². The fourth-order valence-corrected chi connectivity index (χ4v) is 5.98. The minimum absolute atomic E-state index is 0.0625. The predicted molar refractivity (Wildman–Crippen MR) is 142 cm³/mol. The molecule has 7 rings (SSSR count). The van der Waals surface area contributed by atoms with E-state index in [0.717, 1.165) is 34.1 Å². The average molecular weight is 513 g/mol. The van der Waals surface area contributed by atoms with Gasteiger partial charge in [0.1, 0.15) is 11.6 Å². The average Bonchev–Trinajstić information content (AvgIpc) is 3.46. The van der Waals surface area contributed by atoms with Crippen LogP contribution in [0.2, 0.25) is 0 Å². The molecule has 2 atom stereocenters. The van der Waals surface area contributed by atoms with Crippen LogP contribution in [0.4, 0.5) is 14.5 Å². The van der Waals surface area contributed by atoms with Gasteiger partial charge in [0.25, 0.3) is 0 Å². The summed E-state index contributed by atoms with van der Waals surface area (Å²) < 4.78 is 34.9. The monoisotopic (exact) mass is 512 g/mol. The third-order valence-electron chi connectivity index (χ3n) is 8.12. The molecule has 1 saturated carbocycles. The van der Waals surface area contributed by atoms with Crippen molar-refractivity contribution in [1.29, 1.82) is 0 Å². The van der Waals surface area contributed by atoms with E-state index in [0.29, 0.717) is 37.6 Å². The Labute approximate surface area is 218 Å². The van der Waals surface area contributed by atoms with Crippen molar-refractivity contribution in [3.8, 4) is 0 Å². The number of nitrogens with one attached hydrogen (secondary N) is 2. The molecule has 4 aromatic rings. The van der Waals surface area contributed by atoms with Crippen LogP contribution >= 0.6 is 0 Å². The number of hydrogen-bond acceptors (Lipinski definition) is 4. The maximum atomic E-state index is 14.8. The van der Waals surface area contributed by atoms with Crippen LogP contribution in [0, 0.1) is 11.6 Å². The Morgan fingerprint density at radius 2 is 1.84 bits per heavy atom. The molecule has 2 fully saturated rings. The van der Waals surface area contributed by atoms with Gasteiger partial charge in [0.15, 0.2) is 0 Å². The van der Waals surface area contributed by atoms with Crippen molar-refractivity contribution in [1.82, 2.24) is 15.1 Å². The molecule has 1 aromatic heterocycles. The molecule has 3 aliphatic rings. The van der Waals surface area contributed by atoms with Crippen LogP contribution < -0.4 is 5.32 Å².